The fraction of sp³-hybridized carbons (Fsp3) is 0.125. The molecule has 6 heteroatoms. The summed E-state index contributed by atoms with van der Waals surface area (Å²) in [5.74, 6) is 0. The molecule has 0 atom stereocenters. The summed E-state index contributed by atoms with van der Waals surface area (Å²) < 4.78 is 36.8. The predicted molar refractivity (Wildman–Crippen MR) is 47.5 cm³/mol. The van der Waals surface area contributed by atoms with E-state index in [2.05, 4.69) is 9.97 Å². The van der Waals surface area contributed by atoms with Crippen LogP contribution in [0.5, 0.6) is 0 Å². The molecule has 0 aliphatic carbocycles. The summed E-state index contributed by atoms with van der Waals surface area (Å²) in [5, 5.41) is 0. The van der Waals surface area contributed by atoms with E-state index >= 15 is 0 Å². The molecule has 1 aromatic carbocycles. The number of benzene rings is 1. The first-order valence-corrected chi connectivity index (χ1v) is 5.66. The van der Waals surface area contributed by atoms with E-state index in [9.17, 15) is 13.2 Å². The molecular formula is C8H5AsF3N2. The number of para-hydroxylation sites is 1. The third-order valence-electron chi connectivity index (χ3n) is 1.68. The third kappa shape index (κ3) is 1.92. The molecular weight excluding hydrogens is 256 g/mol. The number of imidazole rings is 1. The monoisotopic (exact) mass is 261 g/mol. The van der Waals surface area contributed by atoms with Crippen LogP contribution in [0.1, 0.15) is 0 Å². The Bertz CT molecular complexity index is 449. The van der Waals surface area contributed by atoms with E-state index in [-0.39, 0.29) is 0 Å². The van der Waals surface area contributed by atoms with Crippen molar-refractivity contribution in [3.05, 3.63) is 24.5 Å². The normalized spacial score (nSPS) is 13.1. The second-order valence-corrected chi connectivity index (χ2v) is 5.20. The Morgan fingerprint density at radius 2 is 2.07 bits per heavy atom. The molecule has 0 unspecified atom stereocenters. The number of hydrogen-bond donors (Lipinski definition) is 1. The van der Waals surface area contributed by atoms with E-state index in [0.29, 0.717) is 15.4 Å². The zero-order valence-electron chi connectivity index (χ0n) is 6.84. The van der Waals surface area contributed by atoms with Gasteiger partial charge in [-0.3, -0.25) is 0 Å². The molecule has 73 valence electrons. The molecule has 1 N–H and O–H groups in total. The zero-order valence-corrected chi connectivity index (χ0v) is 8.71. The van der Waals surface area contributed by atoms with Crippen LogP contribution in [0.4, 0.5) is 13.2 Å². The number of hydrogen-bond acceptors (Lipinski definition) is 1. The first kappa shape index (κ1) is 9.59. The summed E-state index contributed by atoms with van der Waals surface area (Å²) in [6.07, 6.45) is 1.41. The number of nitrogens with one attached hydrogen (secondary N) is 1. The number of rotatable bonds is 1. The maximum atomic E-state index is 12.2. The Morgan fingerprint density at radius 1 is 1.29 bits per heavy atom. The van der Waals surface area contributed by atoms with Gasteiger partial charge in [-0.05, 0) is 0 Å². The van der Waals surface area contributed by atoms with E-state index in [4.69, 9.17) is 0 Å². The SMILES string of the molecule is FC(F)(F)[As]c1cccc2[nH]cnc12. The first-order chi connectivity index (χ1) is 6.56. The van der Waals surface area contributed by atoms with Crippen LogP contribution >= 0.6 is 0 Å². The number of alkyl halides is 3. The van der Waals surface area contributed by atoms with Gasteiger partial charge < -0.3 is 0 Å². The van der Waals surface area contributed by atoms with E-state index in [0.717, 1.165) is 0 Å². The van der Waals surface area contributed by atoms with Crippen LogP contribution in [0.3, 0.4) is 0 Å². The van der Waals surface area contributed by atoms with Crippen molar-refractivity contribution in [3.8, 4) is 0 Å². The molecule has 0 aliphatic heterocycles. The van der Waals surface area contributed by atoms with Crippen LogP contribution in [-0.4, -0.2) is 30.7 Å². The van der Waals surface area contributed by atoms with Crippen molar-refractivity contribution < 1.29 is 13.2 Å². The molecule has 0 aliphatic rings. The van der Waals surface area contributed by atoms with E-state index in [1.165, 1.54) is 12.4 Å². The van der Waals surface area contributed by atoms with Crippen molar-refractivity contribution in [1.29, 1.82) is 0 Å². The maximum absolute atomic E-state index is 12.2. The Hall–Kier alpha value is -0.962. The van der Waals surface area contributed by atoms with Gasteiger partial charge in [0.05, 0.1) is 0 Å². The summed E-state index contributed by atoms with van der Waals surface area (Å²) in [6, 6.07) is 4.80. The minimum absolute atomic E-state index is 0.299. The number of H-pyrrole nitrogens is 1. The first-order valence-electron chi connectivity index (χ1n) is 3.78. The Labute approximate surface area is 84.2 Å². The van der Waals surface area contributed by atoms with Gasteiger partial charge in [0.25, 0.3) is 0 Å². The van der Waals surface area contributed by atoms with Crippen LogP contribution in [0.15, 0.2) is 24.5 Å². The van der Waals surface area contributed by atoms with Crippen LogP contribution in [0.25, 0.3) is 11.0 Å². The summed E-state index contributed by atoms with van der Waals surface area (Å²) in [6.45, 7) is 0. The van der Waals surface area contributed by atoms with Gasteiger partial charge in [-0.1, -0.05) is 0 Å². The van der Waals surface area contributed by atoms with Crippen LogP contribution in [-0.2, 0) is 0 Å². The molecule has 0 amide bonds. The number of aromatic nitrogens is 2. The van der Waals surface area contributed by atoms with Gasteiger partial charge >= 0.3 is 83.8 Å². The molecule has 2 rings (SSSR count). The topological polar surface area (TPSA) is 28.7 Å². The summed E-state index contributed by atoms with van der Waals surface area (Å²) in [4.78, 5) is 2.56. The van der Waals surface area contributed by atoms with Gasteiger partial charge in [0.2, 0.25) is 0 Å². The fourth-order valence-electron chi connectivity index (χ4n) is 1.18. The van der Waals surface area contributed by atoms with Crippen LogP contribution in [0, 0.1) is 0 Å². The van der Waals surface area contributed by atoms with E-state index in [1.54, 1.807) is 12.1 Å². The summed E-state index contributed by atoms with van der Waals surface area (Å²) in [7, 11) is 0. The molecule has 1 radical (unpaired) electrons. The Balaban J connectivity index is 2.46. The number of halogens is 3. The molecule has 0 saturated carbocycles. The Morgan fingerprint density at radius 3 is 2.79 bits per heavy atom. The second-order valence-electron chi connectivity index (χ2n) is 2.66. The van der Waals surface area contributed by atoms with Crippen molar-refractivity contribution >= 4 is 31.1 Å². The predicted octanol–water partition coefficient (Wildman–Crippen LogP) is 1.41. The van der Waals surface area contributed by atoms with E-state index in [1.807, 2.05) is 0 Å². The molecule has 1 aromatic heterocycles. The second kappa shape index (κ2) is 3.31. The third-order valence-corrected chi connectivity index (χ3v) is 3.47. The number of fused-ring (bicyclic) bond motifs is 1. The van der Waals surface area contributed by atoms with Crippen LogP contribution in [0.2, 0.25) is 0 Å². The molecule has 2 nitrogen and oxygen atoms in total. The summed E-state index contributed by atoms with van der Waals surface area (Å²) in [5.41, 5.74) is 1.09. The zero-order chi connectivity index (χ0) is 10.2. The van der Waals surface area contributed by atoms with Crippen molar-refractivity contribution in [2.24, 2.45) is 0 Å². The van der Waals surface area contributed by atoms with Gasteiger partial charge in [-0.2, -0.15) is 0 Å². The minimum atomic E-state index is -4.09. The average molecular weight is 261 g/mol. The number of aromatic amines is 1. The molecule has 0 fully saturated rings. The van der Waals surface area contributed by atoms with Crippen molar-refractivity contribution in [3.63, 3.8) is 0 Å². The molecule has 0 saturated heterocycles. The van der Waals surface area contributed by atoms with Gasteiger partial charge in [0, 0.05) is 0 Å². The molecule has 1 heterocycles. The van der Waals surface area contributed by atoms with Gasteiger partial charge in [-0.25, -0.2) is 0 Å². The standard InChI is InChI=1S/C8H5AsF3N2/c10-8(11,12)9-5-2-1-3-6-7(5)14-4-13-6/h1-4H,(H,13,14). The summed E-state index contributed by atoms with van der Waals surface area (Å²) >= 11 is -1.82. The molecule has 0 spiro atoms. The average Bonchev–Trinajstić information content (AvgIpc) is 2.49. The molecule has 14 heavy (non-hydrogen) atoms. The number of nitrogens with zero attached hydrogens (tertiary/aromatic N) is 1. The van der Waals surface area contributed by atoms with Crippen molar-refractivity contribution in [2.45, 2.75) is 4.96 Å². The van der Waals surface area contributed by atoms with Gasteiger partial charge in [0.1, 0.15) is 0 Å². The van der Waals surface area contributed by atoms with E-state index < -0.39 is 20.7 Å². The quantitative estimate of drug-likeness (QED) is 0.772. The van der Waals surface area contributed by atoms with Crippen LogP contribution < -0.4 is 4.35 Å². The van der Waals surface area contributed by atoms with Gasteiger partial charge in [-0.15, -0.1) is 0 Å². The molecule has 0 bridgehead atoms. The molecule has 2 aromatic rings. The van der Waals surface area contributed by atoms with Crippen molar-refractivity contribution in [2.75, 3.05) is 0 Å². The van der Waals surface area contributed by atoms with Gasteiger partial charge in [0.15, 0.2) is 0 Å². The Kier molecular flexibility index (Phi) is 2.27. The van der Waals surface area contributed by atoms with Crippen molar-refractivity contribution in [1.82, 2.24) is 9.97 Å². The fourth-order valence-corrected chi connectivity index (χ4v) is 2.68.